The first-order chi connectivity index (χ1) is 2.91. The molecule has 1 spiro atoms. The van der Waals surface area contributed by atoms with Gasteiger partial charge in [-0.25, -0.2) is 0 Å². The summed E-state index contributed by atoms with van der Waals surface area (Å²) in [6.07, 6.45) is 1.55. The summed E-state index contributed by atoms with van der Waals surface area (Å²) in [5.41, 5.74) is 0.958. The minimum Gasteiger partial charge on any atom is -0.298 e. The highest BCUT2D eigenvalue weighted by atomic mass is 15.4. The molecule has 1 nitrogen and oxygen atoms in total. The van der Waals surface area contributed by atoms with Gasteiger partial charge in [0.25, 0.3) is 0 Å². The van der Waals surface area contributed by atoms with Crippen LogP contribution in [0.1, 0.15) is 6.42 Å². The molecular formula is C5H7N. The van der Waals surface area contributed by atoms with Crippen molar-refractivity contribution in [1.29, 1.82) is 0 Å². The zero-order valence-corrected chi connectivity index (χ0v) is 3.65. The molecule has 2 bridgehead atoms. The SMILES string of the molecule is C1C2N3CC12C3. The fourth-order valence-corrected chi connectivity index (χ4v) is 1.94. The third-order valence-electron chi connectivity index (χ3n) is 2.62. The van der Waals surface area contributed by atoms with Crippen LogP contribution in [0.15, 0.2) is 0 Å². The van der Waals surface area contributed by atoms with Gasteiger partial charge < -0.3 is 0 Å². The van der Waals surface area contributed by atoms with Crippen LogP contribution in [0.2, 0.25) is 0 Å². The molecule has 1 unspecified atom stereocenters. The van der Waals surface area contributed by atoms with Gasteiger partial charge in [-0.3, -0.25) is 4.90 Å². The average Bonchev–Trinajstić information content (AvgIpc) is 1.63. The monoisotopic (exact) mass is 81.1 g/mol. The lowest BCUT2D eigenvalue weighted by Gasteiger charge is -2.52. The minimum atomic E-state index is 0.958. The number of hydrogen-bond acceptors (Lipinski definition) is 1. The van der Waals surface area contributed by atoms with Gasteiger partial charge >= 0.3 is 0 Å². The highest BCUT2D eigenvalue weighted by Crippen LogP contribution is 2.69. The zero-order chi connectivity index (χ0) is 3.78. The standard InChI is InChI=1S/C5H7N/c1-4-5(1)2-6(4)3-5/h4H,1-3H2. The van der Waals surface area contributed by atoms with E-state index >= 15 is 0 Å². The predicted molar refractivity (Wildman–Crippen MR) is 22.4 cm³/mol. The topological polar surface area (TPSA) is 3.24 Å². The summed E-state index contributed by atoms with van der Waals surface area (Å²) in [5, 5.41) is 0. The highest BCUT2D eigenvalue weighted by Gasteiger charge is 2.76. The van der Waals surface area contributed by atoms with Crippen molar-refractivity contribution in [3.8, 4) is 0 Å². The highest BCUT2D eigenvalue weighted by molar-refractivity contribution is 5.30. The molecule has 0 aromatic heterocycles. The molecule has 3 saturated heterocycles. The van der Waals surface area contributed by atoms with Crippen LogP contribution in [-0.2, 0) is 0 Å². The molecule has 3 aliphatic heterocycles. The molecule has 0 N–H and O–H groups in total. The molecule has 1 aliphatic carbocycles. The second-order valence-corrected chi connectivity index (χ2v) is 2.99. The molecule has 1 saturated carbocycles. The maximum Gasteiger partial charge on any atom is 0.0184 e. The van der Waals surface area contributed by atoms with Crippen molar-refractivity contribution in [3.05, 3.63) is 0 Å². The van der Waals surface area contributed by atoms with Crippen molar-refractivity contribution in [3.63, 3.8) is 0 Å². The number of rotatable bonds is 0. The maximum atomic E-state index is 2.56. The Bertz CT molecular complexity index is 102. The summed E-state index contributed by atoms with van der Waals surface area (Å²) in [4.78, 5) is 2.56. The third kappa shape index (κ3) is 0.0658. The van der Waals surface area contributed by atoms with Gasteiger partial charge in [0, 0.05) is 24.5 Å². The van der Waals surface area contributed by atoms with Gasteiger partial charge in [0.05, 0.1) is 0 Å². The van der Waals surface area contributed by atoms with Crippen LogP contribution < -0.4 is 0 Å². The summed E-state index contributed by atoms with van der Waals surface area (Å²) >= 11 is 0. The molecule has 0 radical (unpaired) electrons. The zero-order valence-electron chi connectivity index (χ0n) is 3.65. The molecule has 0 aromatic carbocycles. The molecule has 0 amide bonds. The van der Waals surface area contributed by atoms with Gasteiger partial charge in [-0.1, -0.05) is 0 Å². The van der Waals surface area contributed by atoms with Crippen LogP contribution in [0, 0.1) is 5.41 Å². The van der Waals surface area contributed by atoms with Gasteiger partial charge in [0.15, 0.2) is 0 Å². The van der Waals surface area contributed by atoms with Gasteiger partial charge in [0.1, 0.15) is 0 Å². The lowest BCUT2D eigenvalue weighted by molar-refractivity contribution is -0.0519. The molecule has 32 valence electrons. The van der Waals surface area contributed by atoms with E-state index in [0.717, 1.165) is 11.5 Å². The van der Waals surface area contributed by atoms with Crippen LogP contribution in [-0.4, -0.2) is 24.0 Å². The Kier molecular flexibility index (Phi) is 0.134. The smallest absolute Gasteiger partial charge is 0.0184 e. The Morgan fingerprint density at radius 2 is 2.17 bits per heavy atom. The first-order valence-electron chi connectivity index (χ1n) is 2.65. The van der Waals surface area contributed by atoms with Crippen LogP contribution >= 0.6 is 0 Å². The first-order valence-corrected chi connectivity index (χ1v) is 2.65. The van der Waals surface area contributed by atoms with E-state index in [4.69, 9.17) is 0 Å². The Labute approximate surface area is 36.9 Å². The Morgan fingerprint density at radius 1 is 1.50 bits per heavy atom. The fraction of sp³-hybridized carbons (Fsp3) is 1.00. The summed E-state index contributed by atoms with van der Waals surface area (Å²) in [5.74, 6) is 0. The second kappa shape index (κ2) is 0.348. The quantitative estimate of drug-likeness (QED) is 0.399. The Balaban J connectivity index is 2.26. The van der Waals surface area contributed by atoms with E-state index < -0.39 is 0 Å². The number of nitrogens with zero attached hydrogens (tertiary/aromatic N) is 1. The van der Waals surface area contributed by atoms with Crippen molar-refractivity contribution in [2.24, 2.45) is 5.41 Å². The van der Waals surface area contributed by atoms with Crippen LogP contribution in [0.3, 0.4) is 0 Å². The minimum absolute atomic E-state index is 0.958. The van der Waals surface area contributed by atoms with Gasteiger partial charge in [-0.2, -0.15) is 0 Å². The van der Waals surface area contributed by atoms with E-state index in [-0.39, 0.29) is 0 Å². The Morgan fingerprint density at radius 3 is 2.17 bits per heavy atom. The van der Waals surface area contributed by atoms with E-state index in [1.54, 1.807) is 6.42 Å². The first kappa shape index (κ1) is 2.31. The van der Waals surface area contributed by atoms with E-state index in [2.05, 4.69) is 4.90 Å². The molecular weight excluding hydrogens is 74.1 g/mol. The third-order valence-corrected chi connectivity index (χ3v) is 2.62. The fourth-order valence-electron chi connectivity index (χ4n) is 1.94. The summed E-state index contributed by atoms with van der Waals surface area (Å²) < 4.78 is 0. The molecule has 4 aliphatic rings. The Hall–Kier alpha value is -0.0400. The summed E-state index contributed by atoms with van der Waals surface area (Å²) in [7, 11) is 0. The normalized spacial score (nSPS) is 80.0. The van der Waals surface area contributed by atoms with Gasteiger partial charge in [-0.05, 0) is 6.42 Å². The van der Waals surface area contributed by atoms with E-state index in [9.17, 15) is 0 Å². The molecule has 1 heteroatoms. The van der Waals surface area contributed by atoms with E-state index in [1.165, 1.54) is 13.1 Å². The molecule has 4 fully saturated rings. The molecule has 1 atom stereocenters. The van der Waals surface area contributed by atoms with Crippen molar-refractivity contribution in [2.45, 2.75) is 12.5 Å². The van der Waals surface area contributed by atoms with E-state index in [0.29, 0.717) is 0 Å². The lowest BCUT2D eigenvalue weighted by atomic mass is 9.86. The van der Waals surface area contributed by atoms with Crippen LogP contribution in [0.4, 0.5) is 0 Å². The van der Waals surface area contributed by atoms with Crippen molar-refractivity contribution < 1.29 is 0 Å². The lowest BCUT2D eigenvalue weighted by Crippen LogP contribution is -2.64. The van der Waals surface area contributed by atoms with E-state index in [1.807, 2.05) is 0 Å². The van der Waals surface area contributed by atoms with Crippen molar-refractivity contribution in [1.82, 2.24) is 4.90 Å². The summed E-state index contributed by atoms with van der Waals surface area (Å²) in [6, 6.07) is 1.11. The summed E-state index contributed by atoms with van der Waals surface area (Å²) in [6.45, 7) is 2.91. The van der Waals surface area contributed by atoms with Gasteiger partial charge in [-0.15, -0.1) is 0 Å². The van der Waals surface area contributed by atoms with Crippen molar-refractivity contribution >= 4 is 0 Å². The number of hydrogen-bond donors (Lipinski definition) is 0. The van der Waals surface area contributed by atoms with Crippen LogP contribution in [0.5, 0.6) is 0 Å². The van der Waals surface area contributed by atoms with Crippen LogP contribution in [0.25, 0.3) is 0 Å². The molecule has 0 aromatic rings. The van der Waals surface area contributed by atoms with Crippen molar-refractivity contribution in [2.75, 3.05) is 13.1 Å². The maximum absolute atomic E-state index is 2.56. The molecule has 4 rings (SSSR count). The average molecular weight is 81.1 g/mol. The second-order valence-electron chi connectivity index (χ2n) is 2.99. The molecule has 3 heterocycles. The molecule has 6 heavy (non-hydrogen) atoms. The predicted octanol–water partition coefficient (Wildman–Crippen LogP) is 0.0743. The largest absolute Gasteiger partial charge is 0.298 e. The van der Waals surface area contributed by atoms with Gasteiger partial charge in [0.2, 0.25) is 0 Å².